The summed E-state index contributed by atoms with van der Waals surface area (Å²) in [5, 5.41) is 0. The second kappa shape index (κ2) is 2.44. The van der Waals surface area contributed by atoms with Crippen molar-refractivity contribution < 1.29 is 4.39 Å². The van der Waals surface area contributed by atoms with Crippen molar-refractivity contribution in [2.75, 3.05) is 0 Å². The number of halogens is 2. The molecule has 0 bridgehead atoms. The smallest absolute Gasteiger partial charge is 0.101 e. The molecule has 0 saturated heterocycles. The second-order valence-corrected chi connectivity index (χ2v) is 2.89. The monoisotopic (exact) mass is 176 g/mol. The molecule has 0 aliphatic heterocycles. The molecule has 0 aromatic heterocycles. The molecular weight excluding hydrogens is 171 g/mol. The molecule has 0 heterocycles. The predicted octanol–water partition coefficient (Wildman–Crippen LogP) is 2.56. The van der Waals surface area contributed by atoms with Crippen molar-refractivity contribution >= 4 is 15.9 Å². The van der Waals surface area contributed by atoms with Gasteiger partial charge in [-0.25, -0.2) is 4.39 Å². The summed E-state index contributed by atoms with van der Waals surface area (Å²) in [5.41, 5.74) is 0. The predicted molar refractivity (Wildman–Crippen MR) is 35.7 cm³/mol. The zero-order valence-corrected chi connectivity index (χ0v) is 5.86. The van der Waals surface area contributed by atoms with Crippen LogP contribution >= 0.6 is 15.9 Å². The SMILES string of the molecule is FC1=CC=CC(Br)C1. The molecular formula is C6H6BrF. The second-order valence-electron chi connectivity index (χ2n) is 1.72. The van der Waals surface area contributed by atoms with Gasteiger partial charge in [-0.1, -0.05) is 28.1 Å². The minimum absolute atomic E-state index is 0.0469. The number of alkyl halides is 1. The third kappa shape index (κ3) is 1.44. The van der Waals surface area contributed by atoms with Crippen molar-refractivity contribution in [3.05, 3.63) is 24.1 Å². The van der Waals surface area contributed by atoms with Crippen molar-refractivity contribution in [2.45, 2.75) is 11.2 Å². The van der Waals surface area contributed by atoms with Crippen LogP contribution < -0.4 is 0 Å². The van der Waals surface area contributed by atoms with Crippen LogP contribution in [-0.2, 0) is 0 Å². The van der Waals surface area contributed by atoms with E-state index in [-0.39, 0.29) is 10.7 Å². The zero-order valence-electron chi connectivity index (χ0n) is 4.27. The van der Waals surface area contributed by atoms with E-state index in [9.17, 15) is 4.39 Å². The van der Waals surface area contributed by atoms with Crippen molar-refractivity contribution in [3.8, 4) is 0 Å². The highest BCUT2D eigenvalue weighted by molar-refractivity contribution is 9.09. The maximum atomic E-state index is 12.2. The molecule has 0 N–H and O–H groups in total. The molecule has 0 radical (unpaired) electrons. The molecule has 1 rings (SSSR count). The maximum absolute atomic E-state index is 12.2. The Hall–Kier alpha value is -0.110. The van der Waals surface area contributed by atoms with Gasteiger partial charge in [0, 0.05) is 11.2 Å². The Bertz CT molecular complexity index is 137. The summed E-state index contributed by atoms with van der Waals surface area (Å²) in [6, 6.07) is 0. The van der Waals surface area contributed by atoms with E-state index in [1.54, 1.807) is 6.08 Å². The van der Waals surface area contributed by atoms with Gasteiger partial charge < -0.3 is 0 Å². The minimum atomic E-state index is -0.0469. The largest absolute Gasteiger partial charge is 0.212 e. The lowest BCUT2D eigenvalue weighted by Gasteiger charge is -2.04. The first-order chi connectivity index (χ1) is 3.79. The maximum Gasteiger partial charge on any atom is 0.101 e. The summed E-state index contributed by atoms with van der Waals surface area (Å²) in [4.78, 5) is 0.201. The highest BCUT2D eigenvalue weighted by Gasteiger charge is 2.05. The van der Waals surface area contributed by atoms with Crippen LogP contribution in [0.4, 0.5) is 4.39 Å². The van der Waals surface area contributed by atoms with Crippen LogP contribution in [0.2, 0.25) is 0 Å². The van der Waals surface area contributed by atoms with E-state index in [0.29, 0.717) is 6.42 Å². The Morgan fingerprint density at radius 1 is 1.75 bits per heavy atom. The van der Waals surface area contributed by atoms with Gasteiger partial charge in [-0.15, -0.1) is 0 Å². The van der Waals surface area contributed by atoms with Gasteiger partial charge in [-0.2, -0.15) is 0 Å². The van der Waals surface area contributed by atoms with Gasteiger partial charge in [0.05, 0.1) is 0 Å². The highest BCUT2D eigenvalue weighted by Crippen LogP contribution is 2.18. The molecule has 0 spiro atoms. The van der Waals surface area contributed by atoms with E-state index < -0.39 is 0 Å². The molecule has 0 nitrogen and oxygen atoms in total. The number of hydrogen-bond donors (Lipinski definition) is 0. The average molecular weight is 177 g/mol. The average Bonchev–Trinajstić information content (AvgIpc) is 1.64. The standard InChI is InChI=1S/C6H6BrF/c7-5-2-1-3-6(8)4-5/h1-3,5H,4H2. The summed E-state index contributed by atoms with van der Waals surface area (Å²) >= 11 is 3.26. The van der Waals surface area contributed by atoms with Crippen LogP contribution in [0, 0.1) is 0 Å². The van der Waals surface area contributed by atoms with Crippen molar-refractivity contribution in [1.29, 1.82) is 0 Å². The lowest BCUT2D eigenvalue weighted by molar-refractivity contribution is 0.592. The van der Waals surface area contributed by atoms with Gasteiger partial charge in [0.2, 0.25) is 0 Å². The molecule has 0 fully saturated rings. The minimum Gasteiger partial charge on any atom is -0.212 e. The van der Waals surface area contributed by atoms with E-state index in [1.807, 2.05) is 6.08 Å². The van der Waals surface area contributed by atoms with Gasteiger partial charge in [0.15, 0.2) is 0 Å². The molecule has 1 unspecified atom stereocenters. The first kappa shape index (κ1) is 6.02. The van der Waals surface area contributed by atoms with E-state index in [1.165, 1.54) is 6.08 Å². The molecule has 0 aromatic rings. The fourth-order valence-electron chi connectivity index (χ4n) is 0.603. The molecule has 0 aromatic carbocycles. The first-order valence-electron chi connectivity index (χ1n) is 2.46. The molecule has 2 heteroatoms. The molecule has 8 heavy (non-hydrogen) atoms. The topological polar surface area (TPSA) is 0 Å². The zero-order chi connectivity index (χ0) is 5.98. The lowest BCUT2D eigenvalue weighted by Crippen LogP contribution is -1.95. The van der Waals surface area contributed by atoms with E-state index in [4.69, 9.17) is 0 Å². The molecule has 0 saturated carbocycles. The Morgan fingerprint density at radius 2 is 2.50 bits per heavy atom. The van der Waals surface area contributed by atoms with Crippen molar-refractivity contribution in [1.82, 2.24) is 0 Å². The number of rotatable bonds is 0. The summed E-state index contributed by atoms with van der Waals surface area (Å²) in [6.07, 6.45) is 5.62. The Kier molecular flexibility index (Phi) is 1.84. The molecule has 1 aliphatic rings. The van der Waals surface area contributed by atoms with Crippen LogP contribution in [0.25, 0.3) is 0 Å². The van der Waals surface area contributed by atoms with Gasteiger partial charge in [-0.3, -0.25) is 0 Å². The van der Waals surface area contributed by atoms with Gasteiger partial charge in [0.1, 0.15) is 5.83 Å². The first-order valence-corrected chi connectivity index (χ1v) is 3.37. The van der Waals surface area contributed by atoms with Gasteiger partial charge in [0.25, 0.3) is 0 Å². The van der Waals surface area contributed by atoms with Crippen molar-refractivity contribution in [2.24, 2.45) is 0 Å². The third-order valence-electron chi connectivity index (χ3n) is 0.987. The third-order valence-corrected chi connectivity index (χ3v) is 1.62. The Balaban J connectivity index is 2.59. The van der Waals surface area contributed by atoms with E-state index >= 15 is 0 Å². The summed E-state index contributed by atoms with van der Waals surface area (Å²) in [6.45, 7) is 0. The number of allylic oxidation sites excluding steroid dienone is 4. The molecule has 1 aliphatic carbocycles. The summed E-state index contributed by atoms with van der Waals surface area (Å²) in [5.74, 6) is -0.0469. The van der Waals surface area contributed by atoms with E-state index in [0.717, 1.165) is 0 Å². The van der Waals surface area contributed by atoms with Crippen LogP contribution in [0.3, 0.4) is 0 Å². The quantitative estimate of drug-likeness (QED) is 0.498. The lowest BCUT2D eigenvalue weighted by atomic mass is 10.2. The summed E-state index contributed by atoms with van der Waals surface area (Å²) in [7, 11) is 0. The number of hydrogen-bond acceptors (Lipinski definition) is 0. The van der Waals surface area contributed by atoms with Crippen LogP contribution in [-0.4, -0.2) is 4.83 Å². The van der Waals surface area contributed by atoms with E-state index in [2.05, 4.69) is 15.9 Å². The van der Waals surface area contributed by atoms with Crippen molar-refractivity contribution in [3.63, 3.8) is 0 Å². The molecule has 0 amide bonds. The molecule has 1 atom stereocenters. The van der Waals surface area contributed by atoms with Crippen LogP contribution in [0.1, 0.15) is 6.42 Å². The fraction of sp³-hybridized carbons (Fsp3) is 0.333. The molecule has 44 valence electrons. The van der Waals surface area contributed by atoms with Crippen LogP contribution in [0.5, 0.6) is 0 Å². The van der Waals surface area contributed by atoms with Gasteiger partial charge >= 0.3 is 0 Å². The Morgan fingerprint density at radius 3 is 2.88 bits per heavy atom. The fourth-order valence-corrected chi connectivity index (χ4v) is 1.09. The Labute approximate surface area is 56.2 Å². The normalized spacial score (nSPS) is 27.8. The van der Waals surface area contributed by atoms with Gasteiger partial charge in [-0.05, 0) is 6.08 Å². The summed E-state index contributed by atoms with van der Waals surface area (Å²) < 4.78 is 12.2. The van der Waals surface area contributed by atoms with Crippen LogP contribution in [0.15, 0.2) is 24.1 Å². The highest BCUT2D eigenvalue weighted by atomic mass is 79.9.